The van der Waals surface area contributed by atoms with Gasteiger partial charge in [-0.1, -0.05) is 0 Å². The molecule has 0 saturated carbocycles. The Hall–Kier alpha value is -2.57. The average Bonchev–Trinajstić information content (AvgIpc) is 2.76. The molecule has 0 spiro atoms. The number of hydrogen-bond donors (Lipinski definition) is 0. The van der Waals surface area contributed by atoms with E-state index >= 15 is 0 Å². The summed E-state index contributed by atoms with van der Waals surface area (Å²) in [6, 6.07) is 11.7. The van der Waals surface area contributed by atoms with E-state index in [-0.39, 0.29) is 5.78 Å². The summed E-state index contributed by atoms with van der Waals surface area (Å²) < 4.78 is 16.7. The topological polar surface area (TPSA) is 51.2 Å². The van der Waals surface area contributed by atoms with Crippen molar-refractivity contribution in [3.8, 4) is 17.2 Å². The van der Waals surface area contributed by atoms with Gasteiger partial charge in [-0.2, -0.15) is 0 Å². The molecule has 1 heterocycles. The first-order chi connectivity index (χ1) is 14.5. The highest BCUT2D eigenvalue weighted by Gasteiger charge is 2.20. The van der Waals surface area contributed by atoms with Crippen molar-refractivity contribution >= 4 is 5.78 Å². The van der Waals surface area contributed by atoms with Gasteiger partial charge in [0.1, 0.15) is 17.2 Å². The first-order valence-corrected chi connectivity index (χ1v) is 10.5. The molecule has 1 aliphatic heterocycles. The van der Waals surface area contributed by atoms with Crippen LogP contribution in [0.15, 0.2) is 36.4 Å². The Bertz CT molecular complexity index is 860. The molecule has 0 aliphatic carbocycles. The number of piperazine rings is 1. The van der Waals surface area contributed by atoms with Crippen LogP contribution in [0, 0.1) is 0 Å². The van der Waals surface area contributed by atoms with Crippen molar-refractivity contribution in [2.75, 3.05) is 47.0 Å². The normalized spacial score (nSPS) is 15.1. The minimum atomic E-state index is 0.0800. The van der Waals surface area contributed by atoms with Gasteiger partial charge in [-0.05, 0) is 50.2 Å². The second-order valence-electron chi connectivity index (χ2n) is 7.54. The predicted molar refractivity (Wildman–Crippen MR) is 118 cm³/mol. The summed E-state index contributed by atoms with van der Waals surface area (Å²) in [4.78, 5) is 16.6. The first-order valence-electron chi connectivity index (χ1n) is 10.5. The van der Waals surface area contributed by atoms with Gasteiger partial charge in [-0.15, -0.1) is 0 Å². The molecular formula is C24H32N2O4. The van der Waals surface area contributed by atoms with Crippen molar-refractivity contribution in [3.05, 3.63) is 53.1 Å². The number of hydrogen-bond acceptors (Lipinski definition) is 6. The Morgan fingerprint density at radius 3 is 2.00 bits per heavy atom. The lowest BCUT2D eigenvalue weighted by molar-refractivity contribution is 0.101. The van der Waals surface area contributed by atoms with Gasteiger partial charge in [0.25, 0.3) is 0 Å². The van der Waals surface area contributed by atoms with Crippen molar-refractivity contribution in [2.24, 2.45) is 0 Å². The molecule has 30 heavy (non-hydrogen) atoms. The molecule has 3 rings (SSSR count). The van der Waals surface area contributed by atoms with E-state index in [0.717, 1.165) is 73.2 Å². The third-order valence-corrected chi connectivity index (χ3v) is 5.51. The van der Waals surface area contributed by atoms with Crippen LogP contribution >= 0.6 is 0 Å². The van der Waals surface area contributed by atoms with Crippen LogP contribution in [0.4, 0.5) is 0 Å². The summed E-state index contributed by atoms with van der Waals surface area (Å²) in [6.45, 7) is 9.67. The summed E-state index contributed by atoms with van der Waals surface area (Å²) in [5.41, 5.74) is 2.95. The van der Waals surface area contributed by atoms with Gasteiger partial charge in [-0.25, -0.2) is 0 Å². The molecule has 0 N–H and O–H groups in total. The molecule has 0 atom stereocenters. The number of benzene rings is 2. The molecule has 0 unspecified atom stereocenters. The number of ketones is 1. The summed E-state index contributed by atoms with van der Waals surface area (Å²) in [5.74, 6) is 2.68. The monoisotopic (exact) mass is 412 g/mol. The lowest BCUT2D eigenvalue weighted by Gasteiger charge is -2.35. The van der Waals surface area contributed by atoms with Gasteiger partial charge in [0, 0.05) is 56.0 Å². The zero-order valence-electron chi connectivity index (χ0n) is 18.4. The molecule has 1 fully saturated rings. The predicted octanol–water partition coefficient (Wildman–Crippen LogP) is 3.62. The number of methoxy groups -OCH3 is 2. The maximum Gasteiger partial charge on any atom is 0.159 e. The van der Waals surface area contributed by atoms with Crippen LogP contribution in [0.3, 0.4) is 0 Å². The molecular weight excluding hydrogens is 380 g/mol. The first kappa shape index (κ1) is 22.1. The van der Waals surface area contributed by atoms with E-state index in [1.807, 2.05) is 43.3 Å². The van der Waals surface area contributed by atoms with Crippen molar-refractivity contribution < 1.29 is 19.0 Å². The van der Waals surface area contributed by atoms with Gasteiger partial charge in [-0.3, -0.25) is 14.6 Å². The number of ether oxygens (including phenoxy) is 3. The fourth-order valence-electron chi connectivity index (χ4n) is 3.81. The average molecular weight is 413 g/mol. The molecule has 6 heteroatoms. The Morgan fingerprint density at radius 2 is 1.47 bits per heavy atom. The van der Waals surface area contributed by atoms with Crippen LogP contribution in [-0.2, 0) is 13.1 Å². The van der Waals surface area contributed by atoms with Crippen LogP contribution in [-0.4, -0.2) is 62.6 Å². The number of nitrogens with zero attached hydrogens (tertiary/aromatic N) is 2. The standard InChI is InChI=1S/C24H32N2O4/c1-5-30-24-8-6-19(18(2)27)14-20(24)16-25-10-12-26(13-11-25)17-21-15-22(28-3)7-9-23(21)29-4/h6-9,14-15H,5,10-13,16-17H2,1-4H3. The molecule has 1 aliphatic rings. The van der Waals surface area contributed by atoms with E-state index in [9.17, 15) is 4.79 Å². The Balaban J connectivity index is 1.63. The number of Topliss-reactive ketones (excluding diaryl/α,β-unsaturated/α-hetero) is 1. The fraction of sp³-hybridized carbons (Fsp3) is 0.458. The fourth-order valence-corrected chi connectivity index (χ4v) is 3.81. The lowest BCUT2D eigenvalue weighted by atomic mass is 10.1. The Kier molecular flexibility index (Phi) is 7.71. The van der Waals surface area contributed by atoms with E-state index < -0.39 is 0 Å². The minimum absolute atomic E-state index is 0.0800. The molecule has 1 saturated heterocycles. The second kappa shape index (κ2) is 10.5. The van der Waals surface area contributed by atoms with Gasteiger partial charge < -0.3 is 14.2 Å². The molecule has 0 bridgehead atoms. The zero-order valence-corrected chi connectivity index (χ0v) is 18.4. The number of carbonyl (C=O) groups excluding carboxylic acids is 1. The second-order valence-corrected chi connectivity index (χ2v) is 7.54. The highest BCUT2D eigenvalue weighted by molar-refractivity contribution is 5.94. The van der Waals surface area contributed by atoms with Crippen molar-refractivity contribution in [1.29, 1.82) is 0 Å². The van der Waals surface area contributed by atoms with Gasteiger partial charge >= 0.3 is 0 Å². The third-order valence-electron chi connectivity index (χ3n) is 5.51. The quantitative estimate of drug-likeness (QED) is 0.587. The number of carbonyl (C=O) groups is 1. The molecule has 2 aromatic carbocycles. The molecule has 0 amide bonds. The van der Waals surface area contributed by atoms with Crippen LogP contribution in [0.2, 0.25) is 0 Å². The SMILES string of the molecule is CCOc1ccc(C(C)=O)cc1CN1CCN(Cc2cc(OC)ccc2OC)CC1. The van der Waals surface area contributed by atoms with Crippen LogP contribution in [0.1, 0.15) is 35.3 Å². The summed E-state index contributed by atoms with van der Waals surface area (Å²) in [6.07, 6.45) is 0. The van der Waals surface area contributed by atoms with Crippen molar-refractivity contribution in [1.82, 2.24) is 9.80 Å². The molecule has 2 aromatic rings. The summed E-state index contributed by atoms with van der Waals surface area (Å²) in [7, 11) is 3.39. The minimum Gasteiger partial charge on any atom is -0.497 e. The smallest absolute Gasteiger partial charge is 0.159 e. The van der Waals surface area contributed by atoms with E-state index in [2.05, 4.69) is 9.80 Å². The van der Waals surface area contributed by atoms with Crippen LogP contribution < -0.4 is 14.2 Å². The Labute approximate surface area is 179 Å². The molecule has 0 aromatic heterocycles. The maximum absolute atomic E-state index is 11.8. The molecule has 162 valence electrons. The van der Waals surface area contributed by atoms with Crippen LogP contribution in [0.5, 0.6) is 17.2 Å². The van der Waals surface area contributed by atoms with Gasteiger partial charge in [0.2, 0.25) is 0 Å². The highest BCUT2D eigenvalue weighted by Crippen LogP contribution is 2.26. The summed E-state index contributed by atoms with van der Waals surface area (Å²) in [5, 5.41) is 0. The maximum atomic E-state index is 11.8. The van der Waals surface area contributed by atoms with Gasteiger partial charge in [0.15, 0.2) is 5.78 Å². The number of rotatable bonds is 9. The highest BCUT2D eigenvalue weighted by atomic mass is 16.5. The van der Waals surface area contributed by atoms with Crippen LogP contribution in [0.25, 0.3) is 0 Å². The largest absolute Gasteiger partial charge is 0.497 e. The Morgan fingerprint density at radius 1 is 0.867 bits per heavy atom. The summed E-state index contributed by atoms with van der Waals surface area (Å²) >= 11 is 0. The van der Waals surface area contributed by atoms with E-state index in [1.165, 1.54) is 0 Å². The van der Waals surface area contributed by atoms with E-state index in [1.54, 1.807) is 21.1 Å². The van der Waals surface area contributed by atoms with Gasteiger partial charge in [0.05, 0.1) is 20.8 Å². The van der Waals surface area contributed by atoms with Crippen molar-refractivity contribution in [3.63, 3.8) is 0 Å². The van der Waals surface area contributed by atoms with Crippen molar-refractivity contribution in [2.45, 2.75) is 26.9 Å². The van der Waals surface area contributed by atoms with E-state index in [4.69, 9.17) is 14.2 Å². The van der Waals surface area contributed by atoms with E-state index in [0.29, 0.717) is 6.61 Å². The molecule has 6 nitrogen and oxygen atoms in total. The zero-order chi connectivity index (χ0) is 21.5. The molecule has 0 radical (unpaired) electrons. The third kappa shape index (κ3) is 5.52. The lowest BCUT2D eigenvalue weighted by Crippen LogP contribution is -2.45.